The van der Waals surface area contributed by atoms with Crippen molar-refractivity contribution < 1.29 is 9.72 Å². The third kappa shape index (κ3) is 2.72. The van der Waals surface area contributed by atoms with Gasteiger partial charge in [0.15, 0.2) is 0 Å². The van der Waals surface area contributed by atoms with Crippen molar-refractivity contribution in [3.8, 4) is 0 Å². The third-order valence-corrected chi connectivity index (χ3v) is 3.95. The lowest BCUT2D eigenvalue weighted by atomic mass is 10.1. The Morgan fingerprint density at radius 1 is 1.00 bits per heavy atom. The van der Waals surface area contributed by atoms with E-state index in [0.29, 0.717) is 6.54 Å². The molecule has 3 aromatic rings. The van der Waals surface area contributed by atoms with Crippen LogP contribution in [0.2, 0.25) is 0 Å². The van der Waals surface area contributed by atoms with Crippen LogP contribution in [0.4, 0.5) is 11.4 Å². The van der Waals surface area contributed by atoms with Gasteiger partial charge in [-0.1, -0.05) is 48.5 Å². The highest BCUT2D eigenvalue weighted by atomic mass is 16.6. The van der Waals surface area contributed by atoms with Crippen LogP contribution in [0.15, 0.2) is 66.7 Å². The van der Waals surface area contributed by atoms with Crippen LogP contribution >= 0.6 is 0 Å². The number of para-hydroxylation sites is 1. The van der Waals surface area contributed by atoms with Gasteiger partial charge in [0.05, 0.1) is 10.6 Å². The summed E-state index contributed by atoms with van der Waals surface area (Å²) in [7, 11) is 0. The molecule has 0 aliphatic carbocycles. The number of rotatable bonds is 4. The van der Waals surface area contributed by atoms with Crippen molar-refractivity contribution >= 4 is 28.1 Å². The minimum Gasteiger partial charge on any atom is -0.308 e. The largest absolute Gasteiger partial charge is 0.308 e. The summed E-state index contributed by atoms with van der Waals surface area (Å²) in [6.07, 6.45) is 0. The summed E-state index contributed by atoms with van der Waals surface area (Å²) in [6, 6.07) is 19.5. The van der Waals surface area contributed by atoms with Gasteiger partial charge in [-0.3, -0.25) is 14.9 Å². The van der Waals surface area contributed by atoms with Crippen molar-refractivity contribution in [1.29, 1.82) is 0 Å². The van der Waals surface area contributed by atoms with Gasteiger partial charge in [-0.2, -0.15) is 0 Å². The van der Waals surface area contributed by atoms with Gasteiger partial charge in [0.1, 0.15) is 5.56 Å². The lowest BCUT2D eigenvalue weighted by Gasteiger charge is -2.22. The third-order valence-electron chi connectivity index (χ3n) is 3.95. The van der Waals surface area contributed by atoms with Gasteiger partial charge >= 0.3 is 0 Å². The van der Waals surface area contributed by atoms with Gasteiger partial charge in [-0.25, -0.2) is 0 Å². The van der Waals surface area contributed by atoms with Crippen LogP contribution in [-0.4, -0.2) is 17.4 Å². The highest BCUT2D eigenvalue weighted by Crippen LogP contribution is 2.29. The number of carbonyl (C=O) groups excluding carboxylic acids is 1. The molecule has 120 valence electrons. The molecule has 0 aliphatic heterocycles. The van der Waals surface area contributed by atoms with Gasteiger partial charge in [-0.15, -0.1) is 0 Å². The molecule has 5 heteroatoms. The number of nitro benzene ring substituents is 1. The second-order valence-electron chi connectivity index (χ2n) is 5.32. The Morgan fingerprint density at radius 3 is 2.42 bits per heavy atom. The summed E-state index contributed by atoms with van der Waals surface area (Å²) in [4.78, 5) is 25.2. The van der Waals surface area contributed by atoms with Crippen molar-refractivity contribution in [2.45, 2.75) is 6.92 Å². The topological polar surface area (TPSA) is 63.5 Å². The molecule has 1 amide bonds. The highest BCUT2D eigenvalue weighted by Gasteiger charge is 2.25. The van der Waals surface area contributed by atoms with Gasteiger partial charge < -0.3 is 4.90 Å². The first-order valence-electron chi connectivity index (χ1n) is 7.66. The van der Waals surface area contributed by atoms with E-state index in [1.54, 1.807) is 17.0 Å². The zero-order valence-corrected chi connectivity index (χ0v) is 13.2. The lowest BCUT2D eigenvalue weighted by molar-refractivity contribution is -0.385. The lowest BCUT2D eigenvalue weighted by Crippen LogP contribution is -2.31. The molecular weight excluding hydrogens is 304 g/mol. The SMILES string of the molecule is CCN(C(=O)c1ccccc1[N+](=O)[O-])c1cccc2ccccc12. The molecule has 0 heterocycles. The van der Waals surface area contributed by atoms with Gasteiger partial charge in [-0.05, 0) is 24.4 Å². The van der Waals surface area contributed by atoms with Crippen molar-refractivity contribution in [1.82, 2.24) is 0 Å². The van der Waals surface area contributed by atoms with E-state index in [4.69, 9.17) is 0 Å². The number of carbonyl (C=O) groups is 1. The van der Waals surface area contributed by atoms with E-state index in [1.165, 1.54) is 12.1 Å². The highest BCUT2D eigenvalue weighted by molar-refractivity contribution is 6.12. The molecule has 24 heavy (non-hydrogen) atoms. The molecule has 0 aromatic heterocycles. The summed E-state index contributed by atoms with van der Waals surface area (Å²) in [5.74, 6) is -0.374. The summed E-state index contributed by atoms with van der Waals surface area (Å²) < 4.78 is 0. The van der Waals surface area contributed by atoms with Crippen LogP contribution in [-0.2, 0) is 0 Å². The van der Waals surface area contributed by atoms with E-state index in [0.717, 1.165) is 16.5 Å². The van der Waals surface area contributed by atoms with Crippen molar-refractivity contribution in [3.63, 3.8) is 0 Å². The average molecular weight is 320 g/mol. The molecule has 3 aromatic carbocycles. The molecule has 0 N–H and O–H groups in total. The molecule has 0 spiro atoms. The van der Waals surface area contributed by atoms with Crippen LogP contribution < -0.4 is 4.90 Å². The van der Waals surface area contributed by atoms with Crippen LogP contribution in [0, 0.1) is 10.1 Å². The molecular formula is C19H16N2O3. The molecule has 5 nitrogen and oxygen atoms in total. The van der Waals surface area contributed by atoms with E-state index in [1.807, 2.05) is 49.4 Å². The number of hydrogen-bond donors (Lipinski definition) is 0. The molecule has 0 aliphatic rings. The number of nitro groups is 1. The van der Waals surface area contributed by atoms with Crippen LogP contribution in [0.3, 0.4) is 0 Å². The maximum absolute atomic E-state index is 13.0. The Bertz CT molecular complexity index is 916. The first kappa shape index (κ1) is 15.7. The molecule has 0 bridgehead atoms. The van der Waals surface area contributed by atoms with Crippen molar-refractivity contribution in [3.05, 3.63) is 82.4 Å². The van der Waals surface area contributed by atoms with E-state index in [9.17, 15) is 14.9 Å². The normalized spacial score (nSPS) is 10.5. The number of anilines is 1. The fourth-order valence-electron chi connectivity index (χ4n) is 2.83. The maximum Gasteiger partial charge on any atom is 0.282 e. The Morgan fingerprint density at radius 2 is 1.67 bits per heavy atom. The Kier molecular flexibility index (Phi) is 4.24. The molecule has 0 atom stereocenters. The second kappa shape index (κ2) is 6.50. The number of hydrogen-bond acceptors (Lipinski definition) is 3. The maximum atomic E-state index is 13.0. The molecule has 3 rings (SSSR count). The van der Waals surface area contributed by atoms with E-state index >= 15 is 0 Å². The zero-order valence-electron chi connectivity index (χ0n) is 13.2. The van der Waals surface area contributed by atoms with Gasteiger partial charge in [0.25, 0.3) is 11.6 Å². The minimum atomic E-state index is -0.524. The van der Waals surface area contributed by atoms with Gasteiger partial charge in [0, 0.05) is 18.0 Å². The summed E-state index contributed by atoms with van der Waals surface area (Å²) in [5, 5.41) is 13.2. The van der Waals surface area contributed by atoms with E-state index in [-0.39, 0.29) is 17.2 Å². The quantitative estimate of drug-likeness (QED) is 0.528. The monoisotopic (exact) mass is 320 g/mol. The molecule has 0 unspecified atom stereocenters. The Balaban J connectivity index is 2.12. The Labute approximate surface area is 139 Å². The predicted molar refractivity (Wildman–Crippen MR) is 94.4 cm³/mol. The predicted octanol–water partition coefficient (Wildman–Crippen LogP) is 4.41. The fourth-order valence-corrected chi connectivity index (χ4v) is 2.83. The number of fused-ring (bicyclic) bond motifs is 1. The standard InChI is InChI=1S/C19H16N2O3/c1-2-20(17-13-7-9-14-8-3-4-10-15(14)17)19(22)16-11-5-6-12-18(16)21(23)24/h3-13H,2H2,1H3. The second-order valence-corrected chi connectivity index (χ2v) is 5.32. The van der Waals surface area contributed by atoms with Crippen LogP contribution in [0.1, 0.15) is 17.3 Å². The number of amides is 1. The van der Waals surface area contributed by atoms with Crippen molar-refractivity contribution in [2.75, 3.05) is 11.4 Å². The summed E-state index contributed by atoms with van der Waals surface area (Å²) in [5.41, 5.74) is 0.664. The number of nitrogens with zero attached hydrogens (tertiary/aromatic N) is 2. The molecule has 0 saturated carbocycles. The van der Waals surface area contributed by atoms with Crippen LogP contribution in [0.5, 0.6) is 0 Å². The fraction of sp³-hybridized carbons (Fsp3) is 0.105. The first-order chi connectivity index (χ1) is 11.6. The minimum absolute atomic E-state index is 0.0947. The number of benzene rings is 3. The average Bonchev–Trinajstić information content (AvgIpc) is 2.62. The van der Waals surface area contributed by atoms with E-state index < -0.39 is 4.92 Å². The molecule has 0 radical (unpaired) electrons. The zero-order chi connectivity index (χ0) is 17.1. The first-order valence-corrected chi connectivity index (χ1v) is 7.66. The molecule has 0 fully saturated rings. The van der Waals surface area contributed by atoms with Gasteiger partial charge in [0.2, 0.25) is 0 Å². The van der Waals surface area contributed by atoms with Crippen LogP contribution in [0.25, 0.3) is 10.8 Å². The van der Waals surface area contributed by atoms with Crippen molar-refractivity contribution in [2.24, 2.45) is 0 Å². The summed E-state index contributed by atoms with van der Waals surface area (Å²) >= 11 is 0. The molecule has 0 saturated heterocycles. The van der Waals surface area contributed by atoms with E-state index in [2.05, 4.69) is 0 Å². The summed E-state index contributed by atoms with van der Waals surface area (Å²) in [6.45, 7) is 2.27. The smallest absolute Gasteiger partial charge is 0.282 e. The Hall–Kier alpha value is -3.21.